The van der Waals surface area contributed by atoms with Crippen LogP contribution in [0.3, 0.4) is 0 Å². The number of aryl methyl sites for hydroxylation is 1. The van der Waals surface area contributed by atoms with Gasteiger partial charge in [0.15, 0.2) is 12.4 Å². The minimum Gasteiger partial charge on any atom is -0.451 e. The first-order chi connectivity index (χ1) is 12.1. The third-order valence-corrected chi connectivity index (χ3v) is 4.28. The summed E-state index contributed by atoms with van der Waals surface area (Å²) in [6, 6.07) is 15.2. The molecule has 0 N–H and O–H groups in total. The van der Waals surface area contributed by atoms with E-state index in [2.05, 4.69) is 17.3 Å². The third kappa shape index (κ3) is 2.85. The summed E-state index contributed by atoms with van der Waals surface area (Å²) in [6.07, 6.45) is 0.875. The fourth-order valence-electron chi connectivity index (χ4n) is 3.04. The van der Waals surface area contributed by atoms with Crippen molar-refractivity contribution in [1.82, 2.24) is 5.16 Å². The number of hydrogen-bond acceptors (Lipinski definition) is 5. The Kier molecular flexibility index (Phi) is 3.69. The molecule has 25 heavy (non-hydrogen) atoms. The number of esters is 1. The van der Waals surface area contributed by atoms with Gasteiger partial charge in [0.2, 0.25) is 5.76 Å². The molecule has 3 aromatic rings. The van der Waals surface area contributed by atoms with Gasteiger partial charge in [-0.15, -0.1) is 0 Å². The van der Waals surface area contributed by atoms with Crippen molar-refractivity contribution in [2.45, 2.75) is 13.3 Å². The van der Waals surface area contributed by atoms with E-state index in [1.165, 1.54) is 17.2 Å². The molecule has 1 aromatic heterocycles. The number of ether oxygens (including phenoxy) is 1. The van der Waals surface area contributed by atoms with Gasteiger partial charge in [0.25, 0.3) is 0 Å². The van der Waals surface area contributed by atoms with Crippen molar-refractivity contribution in [2.24, 2.45) is 0 Å². The zero-order chi connectivity index (χ0) is 17.4. The average Bonchev–Trinajstić information content (AvgIpc) is 3.22. The van der Waals surface area contributed by atoms with Crippen LogP contribution in [0.25, 0.3) is 11.1 Å². The standard InChI is InChI=1S/C20H15NO4/c1-12-8-19(25-21-12)20(23)24-11-18(22)15-7-6-14-9-13-4-2-3-5-16(13)17(14)10-15/h2-8,10H,9,11H2,1H3. The molecule has 1 aliphatic carbocycles. The molecule has 0 saturated carbocycles. The van der Waals surface area contributed by atoms with Crippen molar-refractivity contribution in [3.8, 4) is 11.1 Å². The zero-order valence-corrected chi connectivity index (χ0v) is 13.6. The van der Waals surface area contributed by atoms with Crippen LogP contribution in [-0.2, 0) is 11.2 Å². The van der Waals surface area contributed by atoms with Crippen LogP contribution in [0.2, 0.25) is 0 Å². The molecular formula is C20H15NO4. The van der Waals surface area contributed by atoms with Crippen molar-refractivity contribution in [1.29, 1.82) is 0 Å². The lowest BCUT2D eigenvalue weighted by molar-refractivity contribution is 0.0435. The number of carbonyl (C=O) groups excluding carboxylic acids is 2. The molecule has 4 rings (SSSR count). The van der Waals surface area contributed by atoms with Gasteiger partial charge in [-0.25, -0.2) is 4.79 Å². The number of ketones is 1. The average molecular weight is 333 g/mol. The number of nitrogens with zero attached hydrogens (tertiary/aromatic N) is 1. The molecule has 5 nitrogen and oxygen atoms in total. The lowest BCUT2D eigenvalue weighted by atomic mass is 10.0. The Morgan fingerprint density at radius 3 is 2.68 bits per heavy atom. The minimum atomic E-state index is -0.694. The van der Waals surface area contributed by atoms with Crippen LogP contribution in [0.15, 0.2) is 53.1 Å². The monoisotopic (exact) mass is 333 g/mol. The second kappa shape index (κ2) is 6.02. The number of aromatic nitrogens is 1. The smallest absolute Gasteiger partial charge is 0.377 e. The topological polar surface area (TPSA) is 69.4 Å². The van der Waals surface area contributed by atoms with E-state index in [1.54, 1.807) is 13.0 Å². The maximum atomic E-state index is 12.4. The summed E-state index contributed by atoms with van der Waals surface area (Å²) in [4.78, 5) is 24.2. The Morgan fingerprint density at radius 1 is 1.08 bits per heavy atom. The van der Waals surface area contributed by atoms with Crippen molar-refractivity contribution in [3.63, 3.8) is 0 Å². The van der Waals surface area contributed by atoms with Crippen LogP contribution < -0.4 is 0 Å². The Hall–Kier alpha value is -3.21. The highest BCUT2D eigenvalue weighted by molar-refractivity contribution is 6.00. The first kappa shape index (κ1) is 15.3. The minimum absolute atomic E-state index is 0.00631. The molecule has 124 valence electrons. The van der Waals surface area contributed by atoms with Crippen LogP contribution >= 0.6 is 0 Å². The second-order valence-electron chi connectivity index (χ2n) is 6.04. The normalized spacial score (nSPS) is 11.7. The fourth-order valence-corrected chi connectivity index (χ4v) is 3.04. The Bertz CT molecular complexity index is 987. The van der Waals surface area contributed by atoms with Gasteiger partial charge in [-0.3, -0.25) is 4.79 Å². The van der Waals surface area contributed by atoms with Gasteiger partial charge < -0.3 is 9.26 Å². The first-order valence-electron chi connectivity index (χ1n) is 7.96. The van der Waals surface area contributed by atoms with Gasteiger partial charge in [-0.1, -0.05) is 41.6 Å². The quantitative estimate of drug-likeness (QED) is 0.422. The van der Waals surface area contributed by atoms with Crippen molar-refractivity contribution < 1.29 is 18.8 Å². The van der Waals surface area contributed by atoms with E-state index < -0.39 is 5.97 Å². The molecule has 0 aliphatic heterocycles. The van der Waals surface area contributed by atoms with E-state index in [-0.39, 0.29) is 18.2 Å². The summed E-state index contributed by atoms with van der Waals surface area (Å²) < 4.78 is 9.85. The van der Waals surface area contributed by atoms with Crippen LogP contribution in [0, 0.1) is 6.92 Å². The highest BCUT2D eigenvalue weighted by atomic mass is 16.6. The van der Waals surface area contributed by atoms with Crippen LogP contribution in [-0.4, -0.2) is 23.5 Å². The molecule has 0 saturated heterocycles. The predicted octanol–water partition coefficient (Wildman–Crippen LogP) is 3.59. The van der Waals surface area contributed by atoms with Gasteiger partial charge in [-0.05, 0) is 41.7 Å². The van der Waals surface area contributed by atoms with Gasteiger partial charge in [0.1, 0.15) is 0 Å². The zero-order valence-electron chi connectivity index (χ0n) is 13.6. The summed E-state index contributed by atoms with van der Waals surface area (Å²) in [7, 11) is 0. The molecule has 2 aromatic carbocycles. The Morgan fingerprint density at radius 2 is 1.88 bits per heavy atom. The molecule has 0 amide bonds. The number of carbonyl (C=O) groups is 2. The maximum absolute atomic E-state index is 12.4. The lowest BCUT2D eigenvalue weighted by Gasteiger charge is -2.06. The van der Waals surface area contributed by atoms with Crippen molar-refractivity contribution in [3.05, 3.63) is 76.7 Å². The SMILES string of the molecule is Cc1cc(C(=O)OCC(=O)c2ccc3c(c2)-c2ccccc2C3)on1. The molecule has 1 heterocycles. The van der Waals surface area contributed by atoms with Crippen molar-refractivity contribution in [2.75, 3.05) is 6.61 Å². The molecule has 0 atom stereocenters. The molecule has 0 unspecified atom stereocenters. The van der Waals surface area contributed by atoms with Crippen LogP contribution in [0.1, 0.15) is 37.7 Å². The summed E-state index contributed by atoms with van der Waals surface area (Å²) in [5.74, 6) is -0.953. The fraction of sp³-hybridized carbons (Fsp3) is 0.150. The third-order valence-electron chi connectivity index (χ3n) is 4.28. The predicted molar refractivity (Wildman–Crippen MR) is 90.5 cm³/mol. The largest absolute Gasteiger partial charge is 0.451 e. The van der Waals surface area contributed by atoms with E-state index in [9.17, 15) is 9.59 Å². The van der Waals surface area contributed by atoms with Gasteiger partial charge in [0, 0.05) is 11.6 Å². The number of rotatable bonds is 4. The van der Waals surface area contributed by atoms with Crippen LogP contribution in [0.5, 0.6) is 0 Å². The molecule has 1 aliphatic rings. The van der Waals surface area contributed by atoms with Gasteiger partial charge >= 0.3 is 5.97 Å². The van der Waals surface area contributed by atoms with Gasteiger partial charge in [-0.2, -0.15) is 0 Å². The molecule has 0 fully saturated rings. The number of hydrogen-bond donors (Lipinski definition) is 0. The van der Waals surface area contributed by atoms with Crippen molar-refractivity contribution >= 4 is 11.8 Å². The van der Waals surface area contributed by atoms with E-state index in [4.69, 9.17) is 9.26 Å². The van der Waals surface area contributed by atoms with Crippen LogP contribution in [0.4, 0.5) is 0 Å². The van der Waals surface area contributed by atoms with Gasteiger partial charge in [0.05, 0.1) is 5.69 Å². The number of Topliss-reactive ketones (excluding diaryl/α,β-unsaturated/α-hetero) is 1. The van der Waals surface area contributed by atoms with E-state index >= 15 is 0 Å². The molecule has 5 heteroatoms. The van der Waals surface area contributed by atoms with E-state index in [0.717, 1.165) is 17.5 Å². The summed E-state index contributed by atoms with van der Waals surface area (Å²) >= 11 is 0. The lowest BCUT2D eigenvalue weighted by Crippen LogP contribution is -2.14. The molecule has 0 bridgehead atoms. The maximum Gasteiger partial charge on any atom is 0.377 e. The molecular weight excluding hydrogens is 318 g/mol. The highest BCUT2D eigenvalue weighted by Gasteiger charge is 2.20. The Balaban J connectivity index is 1.50. The summed E-state index contributed by atoms with van der Waals surface area (Å²) in [5.41, 5.74) is 5.79. The first-order valence-corrected chi connectivity index (χ1v) is 7.96. The number of benzene rings is 2. The molecule has 0 spiro atoms. The number of fused-ring (bicyclic) bond motifs is 3. The Labute approximate surface area is 144 Å². The van der Waals surface area contributed by atoms with E-state index in [1.807, 2.05) is 24.3 Å². The summed E-state index contributed by atoms with van der Waals surface area (Å²) in [5, 5.41) is 3.62. The second-order valence-corrected chi connectivity index (χ2v) is 6.04. The van der Waals surface area contributed by atoms with E-state index in [0.29, 0.717) is 11.3 Å². The molecule has 0 radical (unpaired) electrons. The highest BCUT2D eigenvalue weighted by Crippen LogP contribution is 2.36. The summed E-state index contributed by atoms with van der Waals surface area (Å²) in [6.45, 7) is 1.37.